The van der Waals surface area contributed by atoms with E-state index >= 15 is 0 Å². The van der Waals surface area contributed by atoms with Crippen molar-refractivity contribution in [3.05, 3.63) is 24.3 Å². The molecular formula is C14H20F2N2S. The largest absolute Gasteiger partial charge is 0.369 e. The lowest BCUT2D eigenvalue weighted by molar-refractivity contribution is 0.252. The van der Waals surface area contributed by atoms with E-state index in [9.17, 15) is 8.78 Å². The first-order chi connectivity index (χ1) is 8.98. The Morgan fingerprint density at radius 3 is 2.79 bits per heavy atom. The van der Waals surface area contributed by atoms with E-state index in [4.69, 9.17) is 0 Å². The molecule has 1 aliphatic heterocycles. The molecule has 0 amide bonds. The Morgan fingerprint density at radius 1 is 1.32 bits per heavy atom. The third-order valence-electron chi connectivity index (χ3n) is 3.22. The Balaban J connectivity index is 2.24. The number of nitrogens with zero attached hydrogens (tertiary/aromatic N) is 1. The highest BCUT2D eigenvalue weighted by molar-refractivity contribution is 7.99. The Labute approximate surface area is 117 Å². The highest BCUT2D eigenvalue weighted by Gasteiger charge is 2.25. The maximum absolute atomic E-state index is 12.6. The van der Waals surface area contributed by atoms with Gasteiger partial charge in [0.05, 0.1) is 5.69 Å². The van der Waals surface area contributed by atoms with Crippen molar-refractivity contribution in [2.45, 2.75) is 36.5 Å². The summed E-state index contributed by atoms with van der Waals surface area (Å²) in [6.45, 7) is 6.99. The average Bonchev–Trinajstić information content (AvgIpc) is 2.50. The van der Waals surface area contributed by atoms with Crippen LogP contribution in [0.5, 0.6) is 0 Å². The summed E-state index contributed by atoms with van der Waals surface area (Å²) in [5, 5.41) is 3.48. The second-order valence-corrected chi connectivity index (χ2v) is 6.46. The quantitative estimate of drug-likeness (QED) is 0.855. The zero-order valence-electron chi connectivity index (χ0n) is 11.3. The van der Waals surface area contributed by atoms with Gasteiger partial charge in [-0.15, -0.1) is 0 Å². The lowest BCUT2D eigenvalue weighted by Gasteiger charge is -2.32. The van der Waals surface area contributed by atoms with Crippen molar-refractivity contribution in [3.8, 4) is 0 Å². The first-order valence-electron chi connectivity index (χ1n) is 6.52. The van der Waals surface area contributed by atoms with Crippen LogP contribution in [0.15, 0.2) is 29.2 Å². The van der Waals surface area contributed by atoms with Crippen molar-refractivity contribution in [2.24, 2.45) is 0 Å². The van der Waals surface area contributed by atoms with Crippen molar-refractivity contribution >= 4 is 17.4 Å². The standard InChI is InChI=1S/C14H20F2N2S/c1-14(2)10-18(9-5-8-17-14)11-6-3-4-7-12(11)19-13(15)16/h3-4,6-7,13,17H,5,8-10H2,1-2H3. The lowest BCUT2D eigenvalue weighted by atomic mass is 10.1. The van der Waals surface area contributed by atoms with Crippen molar-refractivity contribution in [3.63, 3.8) is 0 Å². The van der Waals surface area contributed by atoms with E-state index in [0.29, 0.717) is 16.7 Å². The lowest BCUT2D eigenvalue weighted by Crippen LogP contribution is -2.46. The summed E-state index contributed by atoms with van der Waals surface area (Å²) < 4.78 is 25.3. The minimum atomic E-state index is -2.38. The van der Waals surface area contributed by atoms with Gasteiger partial charge in [-0.3, -0.25) is 0 Å². The van der Waals surface area contributed by atoms with Crippen LogP contribution in [-0.2, 0) is 0 Å². The van der Waals surface area contributed by atoms with Crippen LogP contribution in [0.3, 0.4) is 0 Å². The van der Waals surface area contributed by atoms with Crippen molar-refractivity contribution in [1.29, 1.82) is 0 Å². The first-order valence-corrected chi connectivity index (χ1v) is 7.40. The normalized spacial score (nSPS) is 19.5. The molecule has 1 N–H and O–H groups in total. The Hall–Kier alpha value is -0.810. The molecule has 1 aliphatic rings. The van der Waals surface area contributed by atoms with E-state index < -0.39 is 5.76 Å². The zero-order chi connectivity index (χ0) is 13.9. The summed E-state index contributed by atoms with van der Waals surface area (Å²) in [5.74, 6) is -2.38. The average molecular weight is 286 g/mol. The number of rotatable bonds is 3. The molecule has 5 heteroatoms. The maximum atomic E-state index is 12.6. The number of hydrogen-bond donors (Lipinski definition) is 1. The second-order valence-electron chi connectivity index (χ2n) is 5.43. The van der Waals surface area contributed by atoms with Crippen LogP contribution in [-0.4, -0.2) is 30.9 Å². The number of halogens is 2. The summed E-state index contributed by atoms with van der Waals surface area (Å²) in [6.07, 6.45) is 1.02. The molecule has 2 nitrogen and oxygen atoms in total. The fourth-order valence-corrected chi connectivity index (χ4v) is 3.10. The van der Waals surface area contributed by atoms with Gasteiger partial charge in [0.15, 0.2) is 0 Å². The second kappa shape index (κ2) is 6.09. The highest BCUT2D eigenvalue weighted by atomic mass is 32.2. The van der Waals surface area contributed by atoms with E-state index in [-0.39, 0.29) is 5.54 Å². The SMILES string of the molecule is CC1(C)CN(c2ccccc2SC(F)F)CCCN1. The van der Waals surface area contributed by atoms with Crippen molar-refractivity contribution < 1.29 is 8.78 Å². The number of nitrogens with one attached hydrogen (secondary N) is 1. The minimum absolute atomic E-state index is 0.000884. The van der Waals surface area contributed by atoms with E-state index in [1.54, 1.807) is 6.07 Å². The van der Waals surface area contributed by atoms with Gasteiger partial charge >= 0.3 is 0 Å². The van der Waals surface area contributed by atoms with Gasteiger partial charge in [0.1, 0.15) is 0 Å². The third kappa shape index (κ3) is 4.08. The molecule has 0 spiro atoms. The van der Waals surface area contributed by atoms with E-state index in [0.717, 1.165) is 31.7 Å². The van der Waals surface area contributed by atoms with Crippen molar-refractivity contribution in [1.82, 2.24) is 5.32 Å². The maximum Gasteiger partial charge on any atom is 0.288 e. The fraction of sp³-hybridized carbons (Fsp3) is 0.571. The zero-order valence-corrected chi connectivity index (χ0v) is 12.1. The van der Waals surface area contributed by atoms with Crippen molar-refractivity contribution in [2.75, 3.05) is 24.5 Å². The molecule has 2 rings (SSSR count). The Morgan fingerprint density at radius 2 is 2.05 bits per heavy atom. The number of thioether (sulfide) groups is 1. The van der Waals surface area contributed by atoms with Crippen LogP contribution in [0.2, 0.25) is 0 Å². The van der Waals surface area contributed by atoms with Crippen LogP contribution >= 0.6 is 11.8 Å². The van der Waals surface area contributed by atoms with Gasteiger partial charge in [-0.25, -0.2) is 0 Å². The first kappa shape index (κ1) is 14.6. The number of benzene rings is 1. The summed E-state index contributed by atoms with van der Waals surface area (Å²) in [5.41, 5.74) is 0.920. The molecule has 1 heterocycles. The molecule has 1 aromatic carbocycles. The summed E-state index contributed by atoms with van der Waals surface area (Å²) >= 11 is 0.630. The van der Waals surface area contributed by atoms with Crippen LogP contribution in [0.25, 0.3) is 0 Å². The predicted molar refractivity (Wildman–Crippen MR) is 77.2 cm³/mol. The van der Waals surface area contributed by atoms with Crippen LogP contribution in [0, 0.1) is 0 Å². The summed E-state index contributed by atoms with van der Waals surface area (Å²) in [4.78, 5) is 2.88. The molecular weight excluding hydrogens is 266 g/mol. The molecule has 0 aliphatic carbocycles. The monoisotopic (exact) mass is 286 g/mol. The van der Waals surface area contributed by atoms with Crippen LogP contribution < -0.4 is 10.2 Å². The van der Waals surface area contributed by atoms with Gasteiger partial charge in [-0.05, 0) is 38.9 Å². The number of anilines is 1. The molecule has 0 atom stereocenters. The Kier molecular flexibility index (Phi) is 4.68. The fourth-order valence-electron chi connectivity index (χ4n) is 2.43. The molecule has 1 fully saturated rings. The number of hydrogen-bond acceptors (Lipinski definition) is 3. The van der Waals surface area contributed by atoms with Gasteiger partial charge in [0, 0.05) is 23.5 Å². The molecule has 0 aromatic heterocycles. The van der Waals surface area contributed by atoms with Gasteiger partial charge in [0.25, 0.3) is 5.76 Å². The number of alkyl halides is 2. The molecule has 0 radical (unpaired) electrons. The molecule has 0 bridgehead atoms. The molecule has 0 unspecified atom stereocenters. The predicted octanol–water partition coefficient (Wildman–Crippen LogP) is 3.58. The van der Waals surface area contributed by atoms with Gasteiger partial charge in [0.2, 0.25) is 0 Å². The smallest absolute Gasteiger partial charge is 0.288 e. The summed E-state index contributed by atoms with van der Waals surface area (Å²) in [6, 6.07) is 7.44. The van der Waals surface area contributed by atoms with E-state index in [2.05, 4.69) is 24.1 Å². The van der Waals surface area contributed by atoms with Gasteiger partial charge in [-0.2, -0.15) is 8.78 Å². The molecule has 1 aromatic rings. The third-order valence-corrected chi connectivity index (χ3v) is 3.99. The van der Waals surface area contributed by atoms with E-state index in [1.807, 2.05) is 18.2 Å². The van der Waals surface area contributed by atoms with Crippen LogP contribution in [0.1, 0.15) is 20.3 Å². The highest BCUT2D eigenvalue weighted by Crippen LogP contribution is 2.34. The topological polar surface area (TPSA) is 15.3 Å². The molecule has 0 saturated carbocycles. The van der Waals surface area contributed by atoms with Gasteiger partial charge < -0.3 is 10.2 Å². The van der Waals surface area contributed by atoms with Crippen LogP contribution in [0.4, 0.5) is 14.5 Å². The van der Waals surface area contributed by atoms with Gasteiger partial charge in [-0.1, -0.05) is 23.9 Å². The minimum Gasteiger partial charge on any atom is -0.369 e. The molecule has 106 valence electrons. The Bertz CT molecular complexity index is 424. The number of para-hydroxylation sites is 1. The summed E-state index contributed by atoms with van der Waals surface area (Å²) in [7, 11) is 0. The molecule has 19 heavy (non-hydrogen) atoms. The van der Waals surface area contributed by atoms with E-state index in [1.165, 1.54) is 0 Å². The molecule has 1 saturated heterocycles.